The van der Waals surface area contributed by atoms with E-state index in [1.807, 2.05) is 0 Å². The molecule has 0 heterocycles. The van der Waals surface area contributed by atoms with Crippen molar-refractivity contribution in [2.75, 3.05) is 0 Å². The summed E-state index contributed by atoms with van der Waals surface area (Å²) in [6.07, 6.45) is 0.616. The molecule has 0 saturated heterocycles. The minimum Gasteiger partial charge on any atom is -0.456 e. The zero-order valence-corrected chi connectivity index (χ0v) is 8.07. The summed E-state index contributed by atoms with van der Waals surface area (Å²) < 4.78 is 4.65. The Hall–Kier alpha value is -2.44. The number of ether oxygens (including phenoxy) is 1. The first-order valence-corrected chi connectivity index (χ1v) is 4.21. The lowest BCUT2D eigenvalue weighted by molar-refractivity contribution is -0.384. The van der Waals surface area contributed by atoms with Crippen molar-refractivity contribution in [2.45, 2.75) is 6.61 Å². The van der Waals surface area contributed by atoms with Gasteiger partial charge in [0.2, 0.25) is 0 Å². The molecular weight excluding hydrogens is 216 g/mol. The molecule has 7 heteroatoms. The molecule has 0 radical (unpaired) electrons. The highest BCUT2D eigenvalue weighted by Crippen LogP contribution is 2.12. The third kappa shape index (κ3) is 3.37. The van der Waals surface area contributed by atoms with Crippen LogP contribution in [0.3, 0.4) is 0 Å². The Bertz CT molecular complexity index is 412. The topological polar surface area (TPSA) is 102 Å². The Labute approximate surface area is 90.1 Å². The van der Waals surface area contributed by atoms with Crippen molar-refractivity contribution in [1.82, 2.24) is 0 Å². The van der Waals surface area contributed by atoms with Crippen LogP contribution < -0.4 is 0 Å². The Morgan fingerprint density at radius 3 is 2.62 bits per heavy atom. The highest BCUT2D eigenvalue weighted by molar-refractivity contribution is 6.22. The van der Waals surface area contributed by atoms with Crippen molar-refractivity contribution in [1.29, 1.82) is 0 Å². The third-order valence-corrected chi connectivity index (χ3v) is 1.69. The zero-order chi connectivity index (χ0) is 12.0. The van der Waals surface area contributed by atoms with Gasteiger partial charge in [-0.2, -0.15) is 0 Å². The van der Waals surface area contributed by atoms with Gasteiger partial charge in [0.25, 0.3) is 5.69 Å². The second-order valence-electron chi connectivity index (χ2n) is 2.78. The molecule has 16 heavy (non-hydrogen) atoms. The van der Waals surface area contributed by atoms with E-state index < -0.39 is 10.9 Å². The summed E-state index contributed by atoms with van der Waals surface area (Å²) in [5, 5.41) is 20.9. The van der Waals surface area contributed by atoms with Crippen LogP contribution in [0, 0.1) is 10.1 Å². The molecule has 1 rings (SSSR count). The van der Waals surface area contributed by atoms with E-state index >= 15 is 0 Å². The summed E-state index contributed by atoms with van der Waals surface area (Å²) in [6, 6.07) is 5.57. The lowest BCUT2D eigenvalue weighted by Gasteiger charge is -2.00. The van der Waals surface area contributed by atoms with Gasteiger partial charge in [-0.3, -0.25) is 10.1 Å². The van der Waals surface area contributed by atoms with E-state index in [4.69, 9.17) is 5.21 Å². The maximum Gasteiger partial charge on any atom is 0.353 e. The Morgan fingerprint density at radius 2 is 2.12 bits per heavy atom. The Kier molecular flexibility index (Phi) is 3.96. The lowest BCUT2D eigenvalue weighted by Crippen LogP contribution is -2.05. The molecule has 1 N–H and O–H groups in total. The molecule has 0 unspecified atom stereocenters. The van der Waals surface area contributed by atoms with Gasteiger partial charge in [0.15, 0.2) is 6.21 Å². The normalized spacial score (nSPS) is 10.2. The number of nitro groups is 1. The maximum absolute atomic E-state index is 10.8. The molecule has 1 aromatic rings. The van der Waals surface area contributed by atoms with Gasteiger partial charge in [-0.25, -0.2) is 4.79 Å². The van der Waals surface area contributed by atoms with Crippen LogP contribution in [0.5, 0.6) is 0 Å². The summed E-state index contributed by atoms with van der Waals surface area (Å²) >= 11 is 0. The van der Waals surface area contributed by atoms with Crippen LogP contribution in [0.1, 0.15) is 5.56 Å². The molecule has 0 atom stereocenters. The predicted octanol–water partition coefficient (Wildman–Crippen LogP) is 1.10. The van der Waals surface area contributed by atoms with E-state index in [-0.39, 0.29) is 12.3 Å². The van der Waals surface area contributed by atoms with Gasteiger partial charge in [-0.05, 0) is 17.7 Å². The average molecular weight is 224 g/mol. The minimum atomic E-state index is -0.791. The summed E-state index contributed by atoms with van der Waals surface area (Å²) in [5.41, 5.74) is 0.567. The number of benzene rings is 1. The van der Waals surface area contributed by atoms with Gasteiger partial charge in [0, 0.05) is 12.1 Å². The Balaban J connectivity index is 2.56. The number of carbonyl (C=O) groups excluding carboxylic acids is 1. The number of esters is 1. The van der Waals surface area contributed by atoms with Crippen LogP contribution in [0.25, 0.3) is 0 Å². The second-order valence-corrected chi connectivity index (χ2v) is 2.78. The fourth-order valence-corrected chi connectivity index (χ4v) is 0.953. The van der Waals surface area contributed by atoms with Crippen molar-refractivity contribution < 1.29 is 19.7 Å². The van der Waals surface area contributed by atoms with E-state index in [9.17, 15) is 14.9 Å². The number of oxime groups is 1. The van der Waals surface area contributed by atoms with E-state index in [2.05, 4.69) is 9.89 Å². The van der Waals surface area contributed by atoms with Crippen LogP contribution in [0.2, 0.25) is 0 Å². The van der Waals surface area contributed by atoms with Crippen molar-refractivity contribution in [2.24, 2.45) is 5.16 Å². The first-order chi connectivity index (χ1) is 7.63. The number of non-ortho nitro benzene ring substituents is 1. The molecular formula is C9H8N2O5. The maximum atomic E-state index is 10.8. The van der Waals surface area contributed by atoms with Crippen LogP contribution in [0.4, 0.5) is 5.69 Å². The van der Waals surface area contributed by atoms with Crippen LogP contribution in [0.15, 0.2) is 29.4 Å². The number of rotatable bonds is 4. The zero-order valence-electron chi connectivity index (χ0n) is 8.07. The molecule has 0 aliphatic rings. The van der Waals surface area contributed by atoms with Crippen molar-refractivity contribution in [3.63, 3.8) is 0 Å². The highest BCUT2D eigenvalue weighted by atomic mass is 16.6. The molecule has 0 spiro atoms. The number of hydrogen-bond donors (Lipinski definition) is 1. The number of nitro benzene ring substituents is 1. The second kappa shape index (κ2) is 5.44. The molecule has 0 saturated carbocycles. The molecule has 84 valence electrons. The van der Waals surface area contributed by atoms with Crippen molar-refractivity contribution in [3.8, 4) is 0 Å². The first-order valence-electron chi connectivity index (χ1n) is 4.21. The predicted molar refractivity (Wildman–Crippen MR) is 53.2 cm³/mol. The van der Waals surface area contributed by atoms with Gasteiger partial charge in [0.05, 0.1) is 4.92 Å². The molecule has 7 nitrogen and oxygen atoms in total. The van der Waals surface area contributed by atoms with Crippen LogP contribution >= 0.6 is 0 Å². The molecule has 0 amide bonds. The standard InChI is InChI=1S/C9H8N2O5/c12-9(5-10-13)16-6-7-1-3-8(4-2-7)11(14)15/h1-5,13H,6H2/b10-5+. The van der Waals surface area contributed by atoms with Crippen molar-refractivity contribution >= 4 is 17.9 Å². The van der Waals surface area contributed by atoms with E-state index in [0.29, 0.717) is 11.8 Å². The van der Waals surface area contributed by atoms with E-state index in [1.54, 1.807) is 0 Å². The molecule has 1 aromatic carbocycles. The van der Waals surface area contributed by atoms with Crippen LogP contribution in [-0.4, -0.2) is 22.3 Å². The number of nitrogens with zero attached hydrogens (tertiary/aromatic N) is 2. The van der Waals surface area contributed by atoms with Gasteiger partial charge in [-0.1, -0.05) is 5.16 Å². The van der Waals surface area contributed by atoms with Crippen LogP contribution in [-0.2, 0) is 16.1 Å². The first kappa shape index (κ1) is 11.6. The summed E-state index contributed by atoms with van der Waals surface area (Å²) in [7, 11) is 0. The summed E-state index contributed by atoms with van der Waals surface area (Å²) in [4.78, 5) is 20.6. The van der Waals surface area contributed by atoms with E-state index in [0.717, 1.165) is 0 Å². The minimum absolute atomic E-state index is 0.0352. The molecule has 0 aliphatic heterocycles. The quantitative estimate of drug-likeness (QED) is 0.271. The Morgan fingerprint density at radius 1 is 1.50 bits per heavy atom. The summed E-state index contributed by atoms with van der Waals surface area (Å²) in [6.45, 7) is -0.0388. The lowest BCUT2D eigenvalue weighted by atomic mass is 10.2. The van der Waals surface area contributed by atoms with Crippen molar-refractivity contribution in [3.05, 3.63) is 39.9 Å². The van der Waals surface area contributed by atoms with Gasteiger partial charge in [0.1, 0.15) is 6.61 Å². The van der Waals surface area contributed by atoms with Gasteiger partial charge >= 0.3 is 5.97 Å². The fraction of sp³-hybridized carbons (Fsp3) is 0.111. The monoisotopic (exact) mass is 224 g/mol. The SMILES string of the molecule is O=C(/C=N/O)OCc1ccc([N+](=O)[O-])cc1. The van der Waals surface area contributed by atoms with Gasteiger partial charge < -0.3 is 9.94 Å². The molecule has 0 fully saturated rings. The fourth-order valence-electron chi connectivity index (χ4n) is 0.953. The average Bonchev–Trinajstić information content (AvgIpc) is 2.27. The summed E-state index contributed by atoms with van der Waals surface area (Å²) in [5.74, 6) is -0.791. The van der Waals surface area contributed by atoms with Gasteiger partial charge in [-0.15, -0.1) is 0 Å². The third-order valence-electron chi connectivity index (χ3n) is 1.69. The number of carbonyl (C=O) groups is 1. The van der Waals surface area contributed by atoms with E-state index in [1.165, 1.54) is 24.3 Å². The molecule has 0 bridgehead atoms. The molecule has 0 aliphatic carbocycles. The smallest absolute Gasteiger partial charge is 0.353 e. The highest BCUT2D eigenvalue weighted by Gasteiger charge is 2.05. The molecule has 0 aromatic heterocycles. The largest absolute Gasteiger partial charge is 0.456 e. The number of hydrogen-bond acceptors (Lipinski definition) is 6.